The molecule has 0 spiro atoms. The molecular formula is C25H22FIN4O5. The smallest absolute Gasteiger partial charge is 0.329 e. The minimum atomic E-state index is -1.00. The molecule has 0 radical (unpaired) electrons. The van der Waals surface area contributed by atoms with E-state index in [1.54, 1.807) is 18.2 Å². The summed E-state index contributed by atoms with van der Waals surface area (Å²) in [6, 6.07) is 15.7. The second-order valence-electron chi connectivity index (χ2n) is 7.40. The summed E-state index contributed by atoms with van der Waals surface area (Å²) in [4.78, 5) is 36.2. The van der Waals surface area contributed by atoms with Gasteiger partial charge < -0.3 is 20.1 Å². The van der Waals surface area contributed by atoms with Gasteiger partial charge in [-0.25, -0.2) is 9.82 Å². The van der Waals surface area contributed by atoms with Gasteiger partial charge in [0.2, 0.25) is 0 Å². The van der Waals surface area contributed by atoms with Crippen LogP contribution in [0.15, 0.2) is 65.8 Å². The summed E-state index contributed by atoms with van der Waals surface area (Å²) in [6.07, 6.45) is 1.32. The first-order valence-electron chi connectivity index (χ1n) is 10.5. The normalized spacial score (nSPS) is 10.6. The lowest BCUT2D eigenvalue weighted by Crippen LogP contribution is -2.32. The SMILES string of the molecule is COc1cc(/C=N\NC(=O)C(=O)Nc2ccc(F)cc2)cc(I)c1OCC(=O)Nc1cccc(C)c1. The molecule has 3 N–H and O–H groups in total. The van der Waals surface area contributed by atoms with Crippen LogP contribution in [0.25, 0.3) is 0 Å². The molecule has 9 nitrogen and oxygen atoms in total. The number of ether oxygens (including phenoxy) is 2. The van der Waals surface area contributed by atoms with Crippen molar-refractivity contribution in [2.24, 2.45) is 5.10 Å². The molecule has 0 fully saturated rings. The van der Waals surface area contributed by atoms with Gasteiger partial charge in [0.05, 0.1) is 16.9 Å². The van der Waals surface area contributed by atoms with Crippen LogP contribution in [0.3, 0.4) is 0 Å². The van der Waals surface area contributed by atoms with Crippen LogP contribution >= 0.6 is 22.6 Å². The number of anilines is 2. The highest BCUT2D eigenvalue weighted by Crippen LogP contribution is 2.33. The molecule has 11 heteroatoms. The Morgan fingerprint density at radius 1 is 1.00 bits per heavy atom. The van der Waals surface area contributed by atoms with Gasteiger partial charge in [-0.2, -0.15) is 5.10 Å². The number of aryl methyl sites for hydroxylation is 1. The fraction of sp³-hybridized carbons (Fsp3) is 0.120. The van der Waals surface area contributed by atoms with E-state index in [9.17, 15) is 18.8 Å². The van der Waals surface area contributed by atoms with Crippen LogP contribution in [-0.4, -0.2) is 37.7 Å². The van der Waals surface area contributed by atoms with E-state index in [1.165, 1.54) is 25.5 Å². The lowest BCUT2D eigenvalue weighted by Gasteiger charge is -2.13. The predicted molar refractivity (Wildman–Crippen MR) is 142 cm³/mol. The van der Waals surface area contributed by atoms with Gasteiger partial charge in [-0.05, 0) is 89.2 Å². The molecule has 0 aliphatic carbocycles. The molecule has 0 aliphatic heterocycles. The number of methoxy groups -OCH3 is 1. The zero-order chi connectivity index (χ0) is 26.1. The van der Waals surface area contributed by atoms with E-state index < -0.39 is 17.6 Å². The van der Waals surface area contributed by atoms with Gasteiger partial charge in [-0.3, -0.25) is 14.4 Å². The number of hydrogen-bond acceptors (Lipinski definition) is 6. The first-order valence-corrected chi connectivity index (χ1v) is 11.6. The third-order valence-electron chi connectivity index (χ3n) is 4.59. The number of nitrogens with one attached hydrogen (secondary N) is 3. The Balaban J connectivity index is 1.57. The van der Waals surface area contributed by atoms with Crippen molar-refractivity contribution in [3.8, 4) is 11.5 Å². The fourth-order valence-corrected chi connectivity index (χ4v) is 3.73. The number of carbonyl (C=O) groups excluding carboxylic acids is 3. The van der Waals surface area contributed by atoms with Crippen molar-refractivity contribution in [1.82, 2.24) is 5.43 Å². The Labute approximate surface area is 220 Å². The van der Waals surface area contributed by atoms with Crippen LogP contribution in [0.5, 0.6) is 11.5 Å². The third kappa shape index (κ3) is 7.77. The molecule has 3 aromatic rings. The quantitative estimate of drug-likeness (QED) is 0.156. The second kappa shape index (κ2) is 12.6. The molecule has 3 amide bonds. The minimum absolute atomic E-state index is 0.229. The summed E-state index contributed by atoms with van der Waals surface area (Å²) in [6.45, 7) is 1.70. The molecule has 0 unspecified atom stereocenters. The van der Waals surface area contributed by atoms with Gasteiger partial charge in [-0.15, -0.1) is 0 Å². The van der Waals surface area contributed by atoms with Crippen molar-refractivity contribution >= 4 is 57.9 Å². The Bertz CT molecular complexity index is 1300. The first kappa shape index (κ1) is 26.6. The summed E-state index contributed by atoms with van der Waals surface area (Å²) >= 11 is 2.02. The highest BCUT2D eigenvalue weighted by atomic mass is 127. The third-order valence-corrected chi connectivity index (χ3v) is 5.39. The summed E-state index contributed by atoms with van der Waals surface area (Å²) in [5, 5.41) is 8.88. The van der Waals surface area contributed by atoms with E-state index in [0.29, 0.717) is 26.3 Å². The Morgan fingerprint density at radius 3 is 2.44 bits per heavy atom. The lowest BCUT2D eigenvalue weighted by molar-refractivity contribution is -0.136. The number of hydrazone groups is 1. The van der Waals surface area contributed by atoms with E-state index in [-0.39, 0.29) is 18.2 Å². The molecule has 186 valence electrons. The topological polar surface area (TPSA) is 118 Å². The molecule has 36 heavy (non-hydrogen) atoms. The van der Waals surface area contributed by atoms with Gasteiger partial charge in [0, 0.05) is 11.4 Å². The number of nitrogens with zero attached hydrogens (tertiary/aromatic N) is 1. The van der Waals surface area contributed by atoms with E-state index in [4.69, 9.17) is 9.47 Å². The van der Waals surface area contributed by atoms with Crippen molar-refractivity contribution in [1.29, 1.82) is 0 Å². The molecule has 0 heterocycles. The van der Waals surface area contributed by atoms with Crippen molar-refractivity contribution in [3.05, 3.63) is 81.2 Å². The van der Waals surface area contributed by atoms with E-state index in [2.05, 4.69) is 21.2 Å². The van der Waals surface area contributed by atoms with Gasteiger partial charge in [-0.1, -0.05) is 12.1 Å². The van der Waals surface area contributed by atoms with Crippen LogP contribution in [0.1, 0.15) is 11.1 Å². The first-order chi connectivity index (χ1) is 17.2. The summed E-state index contributed by atoms with van der Waals surface area (Å²) in [5.41, 5.74) is 4.62. The van der Waals surface area contributed by atoms with Crippen LogP contribution in [0.4, 0.5) is 15.8 Å². The standard InChI is InChI=1S/C25H22FIN4O5/c1-15-4-3-5-19(10-15)29-22(32)14-36-23-20(27)11-16(12-21(23)35-2)13-28-31-25(34)24(33)30-18-8-6-17(26)7-9-18/h3-13H,14H2,1-2H3,(H,29,32)(H,30,33)(H,31,34)/b28-13-. The van der Waals surface area contributed by atoms with Crippen LogP contribution in [0.2, 0.25) is 0 Å². The molecule has 0 saturated heterocycles. The largest absolute Gasteiger partial charge is 0.493 e. The highest BCUT2D eigenvalue weighted by molar-refractivity contribution is 14.1. The molecule has 0 aromatic heterocycles. The molecule has 0 aliphatic rings. The molecule has 3 rings (SSSR count). The molecule has 0 saturated carbocycles. The number of rotatable bonds is 8. The number of benzene rings is 3. The monoisotopic (exact) mass is 604 g/mol. The van der Waals surface area contributed by atoms with Gasteiger partial charge in [0.1, 0.15) is 5.82 Å². The van der Waals surface area contributed by atoms with Crippen LogP contribution in [0, 0.1) is 16.3 Å². The molecule has 0 bridgehead atoms. The lowest BCUT2D eigenvalue weighted by atomic mass is 10.2. The highest BCUT2D eigenvalue weighted by Gasteiger charge is 2.15. The number of carbonyl (C=O) groups is 3. The number of hydrogen-bond donors (Lipinski definition) is 3. The van der Waals surface area contributed by atoms with E-state index >= 15 is 0 Å². The van der Waals surface area contributed by atoms with Crippen LogP contribution < -0.4 is 25.5 Å². The van der Waals surface area contributed by atoms with Gasteiger partial charge in [0.25, 0.3) is 5.91 Å². The maximum atomic E-state index is 12.9. The zero-order valence-corrected chi connectivity index (χ0v) is 21.5. The maximum absolute atomic E-state index is 12.9. The molecular weight excluding hydrogens is 582 g/mol. The average Bonchev–Trinajstić information content (AvgIpc) is 2.84. The minimum Gasteiger partial charge on any atom is -0.493 e. The summed E-state index contributed by atoms with van der Waals surface area (Å²) in [7, 11) is 1.45. The fourth-order valence-electron chi connectivity index (χ4n) is 2.95. The van der Waals surface area contributed by atoms with Crippen molar-refractivity contribution in [3.63, 3.8) is 0 Å². The van der Waals surface area contributed by atoms with Gasteiger partial charge >= 0.3 is 11.8 Å². The summed E-state index contributed by atoms with van der Waals surface area (Å²) < 4.78 is 24.6. The van der Waals surface area contributed by atoms with Crippen molar-refractivity contribution in [2.45, 2.75) is 6.92 Å². The number of halogens is 2. The Hall–Kier alpha value is -4.00. The average molecular weight is 604 g/mol. The second-order valence-corrected chi connectivity index (χ2v) is 8.56. The Morgan fingerprint density at radius 2 is 1.75 bits per heavy atom. The number of amides is 3. The van der Waals surface area contributed by atoms with E-state index in [1.807, 2.05) is 47.7 Å². The summed E-state index contributed by atoms with van der Waals surface area (Å²) in [5.74, 6) is -2.03. The molecule has 3 aromatic carbocycles. The van der Waals surface area contributed by atoms with Gasteiger partial charge in [0.15, 0.2) is 18.1 Å². The zero-order valence-electron chi connectivity index (χ0n) is 19.3. The predicted octanol–water partition coefficient (Wildman–Crippen LogP) is 3.85. The Kier molecular flexibility index (Phi) is 9.33. The maximum Gasteiger partial charge on any atom is 0.329 e. The molecule has 0 atom stereocenters. The van der Waals surface area contributed by atoms with Crippen molar-refractivity contribution < 1.29 is 28.2 Å². The van der Waals surface area contributed by atoms with Crippen molar-refractivity contribution in [2.75, 3.05) is 24.4 Å². The van der Waals surface area contributed by atoms with E-state index in [0.717, 1.165) is 17.7 Å². The van der Waals surface area contributed by atoms with Crippen LogP contribution in [-0.2, 0) is 14.4 Å².